The Kier molecular flexibility index (Phi) is 2.76. The second-order valence-corrected chi connectivity index (χ2v) is 4.46. The van der Waals surface area contributed by atoms with Crippen molar-refractivity contribution in [3.05, 3.63) is 59.8 Å². The van der Waals surface area contributed by atoms with Crippen LogP contribution in [0.25, 0.3) is 11.1 Å². The maximum absolute atomic E-state index is 11.1. The number of fused-ring (bicyclic) bond motifs is 3. The Morgan fingerprint density at radius 1 is 0.955 bits per heavy atom. The molecular formula is C11H5N5O6. The minimum absolute atomic E-state index is 0.0382. The van der Waals surface area contributed by atoms with E-state index in [0.717, 1.165) is 0 Å². The van der Waals surface area contributed by atoms with Crippen molar-refractivity contribution in [1.82, 2.24) is 9.97 Å². The van der Waals surface area contributed by atoms with Gasteiger partial charge in [0.2, 0.25) is 0 Å². The Labute approximate surface area is 120 Å². The molecule has 0 atom stereocenters. The maximum atomic E-state index is 11.1. The van der Waals surface area contributed by atoms with Gasteiger partial charge in [0.15, 0.2) is 0 Å². The Hall–Kier alpha value is -3.50. The fourth-order valence-electron chi connectivity index (χ4n) is 2.36. The van der Waals surface area contributed by atoms with Gasteiger partial charge in [-0.05, 0) is 27.0 Å². The molecule has 1 aliphatic carbocycles. The molecule has 0 aliphatic heterocycles. The van der Waals surface area contributed by atoms with Crippen LogP contribution in [0.2, 0.25) is 0 Å². The lowest BCUT2D eigenvalue weighted by molar-refractivity contribution is -0.405. The highest BCUT2D eigenvalue weighted by Gasteiger charge is 2.36. The Bertz CT molecular complexity index is 864. The molecule has 1 aliphatic rings. The van der Waals surface area contributed by atoms with Crippen LogP contribution >= 0.6 is 0 Å². The van der Waals surface area contributed by atoms with E-state index in [4.69, 9.17) is 0 Å². The number of hydrogen-bond donors (Lipinski definition) is 0. The summed E-state index contributed by atoms with van der Waals surface area (Å²) in [5.41, 5.74) is 0.838. The summed E-state index contributed by atoms with van der Waals surface area (Å²) in [5, 5.41) is 32.6. The zero-order chi connectivity index (χ0) is 16.0. The van der Waals surface area contributed by atoms with Crippen molar-refractivity contribution in [3.63, 3.8) is 0 Å². The summed E-state index contributed by atoms with van der Waals surface area (Å²) in [7, 11) is 0. The molecule has 3 rings (SSSR count). The maximum Gasteiger partial charge on any atom is 0.509 e. The molecule has 0 spiro atoms. The Morgan fingerprint density at radius 2 is 1.68 bits per heavy atom. The summed E-state index contributed by atoms with van der Waals surface area (Å²) in [6, 6.07) is 3.84. The summed E-state index contributed by atoms with van der Waals surface area (Å²) in [6.45, 7) is 0. The number of hydrogen-bond acceptors (Lipinski definition) is 8. The molecule has 11 nitrogen and oxygen atoms in total. The number of benzene rings is 1. The quantitative estimate of drug-likeness (QED) is 0.523. The molecule has 0 saturated carbocycles. The first-order valence-corrected chi connectivity index (χ1v) is 5.86. The summed E-state index contributed by atoms with van der Waals surface area (Å²) >= 11 is 0. The fraction of sp³-hybridized carbons (Fsp3) is 0.0909. The van der Waals surface area contributed by atoms with Gasteiger partial charge in [0, 0.05) is 23.5 Å². The molecule has 2 aromatic rings. The number of nitro groups is 3. The average molecular weight is 303 g/mol. The van der Waals surface area contributed by atoms with Gasteiger partial charge in [-0.1, -0.05) is 4.98 Å². The monoisotopic (exact) mass is 303 g/mol. The first kappa shape index (κ1) is 13.5. The second-order valence-electron chi connectivity index (χ2n) is 4.46. The highest BCUT2D eigenvalue weighted by atomic mass is 16.6. The van der Waals surface area contributed by atoms with Crippen molar-refractivity contribution in [2.24, 2.45) is 0 Å². The zero-order valence-electron chi connectivity index (χ0n) is 10.6. The molecule has 22 heavy (non-hydrogen) atoms. The van der Waals surface area contributed by atoms with Crippen molar-refractivity contribution < 1.29 is 14.8 Å². The van der Waals surface area contributed by atoms with Crippen LogP contribution < -0.4 is 0 Å². The predicted octanol–water partition coefficient (Wildman–Crippen LogP) is 1.77. The molecule has 11 heteroatoms. The largest absolute Gasteiger partial charge is 0.509 e. The van der Waals surface area contributed by atoms with E-state index in [1.165, 1.54) is 18.2 Å². The van der Waals surface area contributed by atoms with Crippen LogP contribution in [0.1, 0.15) is 11.3 Å². The molecule has 0 radical (unpaired) electrons. The van der Waals surface area contributed by atoms with Gasteiger partial charge in [0.25, 0.3) is 5.69 Å². The number of nitrogens with zero attached hydrogens (tertiary/aromatic N) is 5. The van der Waals surface area contributed by atoms with E-state index in [0.29, 0.717) is 11.1 Å². The topological polar surface area (TPSA) is 155 Å². The molecule has 0 fully saturated rings. The van der Waals surface area contributed by atoms with Gasteiger partial charge < -0.3 is 20.2 Å². The summed E-state index contributed by atoms with van der Waals surface area (Å²) in [6.07, 6.45) is 0.0382. The molecule has 0 bridgehead atoms. The molecule has 0 saturated heterocycles. The van der Waals surface area contributed by atoms with E-state index in [1.807, 2.05) is 0 Å². The van der Waals surface area contributed by atoms with E-state index in [-0.39, 0.29) is 23.4 Å². The van der Waals surface area contributed by atoms with Crippen LogP contribution in [0.3, 0.4) is 0 Å². The van der Waals surface area contributed by atoms with Gasteiger partial charge in [0.05, 0.1) is 4.92 Å². The lowest BCUT2D eigenvalue weighted by Crippen LogP contribution is -2.04. The van der Waals surface area contributed by atoms with Crippen LogP contribution in [-0.2, 0) is 6.42 Å². The van der Waals surface area contributed by atoms with Gasteiger partial charge >= 0.3 is 11.8 Å². The molecule has 1 heterocycles. The molecule has 110 valence electrons. The molecule has 1 aromatic carbocycles. The van der Waals surface area contributed by atoms with Crippen molar-refractivity contribution in [3.8, 4) is 11.1 Å². The minimum atomic E-state index is -0.918. The number of aromatic nitrogens is 2. The Morgan fingerprint density at radius 3 is 2.27 bits per heavy atom. The van der Waals surface area contributed by atoms with Crippen LogP contribution in [0.15, 0.2) is 18.2 Å². The van der Waals surface area contributed by atoms with Crippen LogP contribution in [-0.4, -0.2) is 24.7 Å². The van der Waals surface area contributed by atoms with Crippen molar-refractivity contribution in [2.45, 2.75) is 6.42 Å². The van der Waals surface area contributed by atoms with Crippen LogP contribution in [0.5, 0.6) is 0 Å². The summed E-state index contributed by atoms with van der Waals surface area (Å²) in [4.78, 5) is 37.4. The summed E-state index contributed by atoms with van der Waals surface area (Å²) in [5.74, 6) is -1.54. The smallest absolute Gasteiger partial charge is 0.389 e. The first-order valence-electron chi connectivity index (χ1n) is 5.86. The van der Waals surface area contributed by atoms with Crippen molar-refractivity contribution >= 4 is 17.5 Å². The molecule has 0 N–H and O–H groups in total. The van der Waals surface area contributed by atoms with Crippen molar-refractivity contribution in [2.75, 3.05) is 0 Å². The number of non-ortho nitro benzene ring substituents is 1. The lowest BCUT2D eigenvalue weighted by atomic mass is 10.1. The van der Waals surface area contributed by atoms with E-state index in [9.17, 15) is 30.3 Å². The van der Waals surface area contributed by atoms with Crippen molar-refractivity contribution in [1.29, 1.82) is 0 Å². The number of nitro benzene ring substituents is 1. The zero-order valence-corrected chi connectivity index (χ0v) is 10.6. The third kappa shape index (κ3) is 1.91. The molecule has 0 unspecified atom stereocenters. The average Bonchev–Trinajstić information content (AvgIpc) is 2.82. The van der Waals surface area contributed by atoms with E-state index < -0.39 is 26.5 Å². The van der Waals surface area contributed by atoms with E-state index in [2.05, 4.69) is 9.97 Å². The number of rotatable bonds is 3. The molecule has 1 aromatic heterocycles. The molecule has 0 amide bonds. The summed E-state index contributed by atoms with van der Waals surface area (Å²) < 4.78 is 0. The van der Waals surface area contributed by atoms with Crippen LogP contribution in [0.4, 0.5) is 17.5 Å². The van der Waals surface area contributed by atoms with E-state index in [1.54, 1.807) is 0 Å². The molecular weight excluding hydrogens is 298 g/mol. The third-order valence-electron chi connectivity index (χ3n) is 3.22. The highest BCUT2D eigenvalue weighted by Crippen LogP contribution is 2.42. The standard InChI is InChI=1S/C11H5N5O6/c17-14(18)6-1-2-7-5(3-6)4-8-9(7)10(15(19)20)13-11(12-8)16(21)22/h1-3H,4H2. The van der Waals surface area contributed by atoms with Gasteiger partial charge in [-0.25, -0.2) is 0 Å². The predicted molar refractivity (Wildman–Crippen MR) is 70.2 cm³/mol. The van der Waals surface area contributed by atoms with Crippen LogP contribution in [0, 0.1) is 30.3 Å². The fourth-order valence-corrected chi connectivity index (χ4v) is 2.36. The second kappa shape index (κ2) is 4.51. The Balaban J connectivity index is 2.25. The SMILES string of the molecule is O=[N+]([O-])c1ccc2c(c1)Cc1nc([N+](=O)[O-])nc([N+](=O)[O-])c1-2. The minimum Gasteiger partial charge on any atom is -0.389 e. The van der Waals surface area contributed by atoms with Gasteiger partial charge in [-0.2, -0.15) is 0 Å². The first-order chi connectivity index (χ1) is 10.4. The van der Waals surface area contributed by atoms with Gasteiger partial charge in [0.1, 0.15) is 11.3 Å². The highest BCUT2D eigenvalue weighted by molar-refractivity contribution is 5.82. The normalized spacial score (nSPS) is 11.6. The van der Waals surface area contributed by atoms with Gasteiger partial charge in [-0.15, -0.1) is 0 Å². The van der Waals surface area contributed by atoms with Gasteiger partial charge in [-0.3, -0.25) is 10.1 Å². The third-order valence-corrected chi connectivity index (χ3v) is 3.22. The van der Waals surface area contributed by atoms with E-state index >= 15 is 0 Å². The lowest BCUT2D eigenvalue weighted by Gasteiger charge is -2.01.